The van der Waals surface area contributed by atoms with Gasteiger partial charge in [0.2, 0.25) is 0 Å². The van der Waals surface area contributed by atoms with Gasteiger partial charge in [0.25, 0.3) is 0 Å². The van der Waals surface area contributed by atoms with E-state index in [0.29, 0.717) is 0 Å². The van der Waals surface area contributed by atoms with Crippen LogP contribution in [0.5, 0.6) is 5.75 Å². The van der Waals surface area contributed by atoms with Crippen LogP contribution in [0.15, 0.2) is 60.8 Å². The standard InChI is InChI=1S/C14H11N3O/c18-13-8-6-12(7-9-13)17-14(10-15-16-17)11-4-2-1-3-5-11/h1-10,18H. The van der Waals surface area contributed by atoms with Crippen LogP contribution < -0.4 is 0 Å². The lowest BCUT2D eigenvalue weighted by atomic mass is 10.1. The zero-order valence-corrected chi connectivity index (χ0v) is 9.56. The topological polar surface area (TPSA) is 50.9 Å². The van der Waals surface area contributed by atoms with Gasteiger partial charge in [0.05, 0.1) is 17.6 Å². The number of rotatable bonds is 2. The van der Waals surface area contributed by atoms with E-state index in [1.807, 2.05) is 30.3 Å². The Balaban J connectivity index is 2.10. The summed E-state index contributed by atoms with van der Waals surface area (Å²) in [4.78, 5) is 0. The molecular weight excluding hydrogens is 226 g/mol. The lowest BCUT2D eigenvalue weighted by Gasteiger charge is -2.06. The second-order valence-corrected chi connectivity index (χ2v) is 3.91. The fourth-order valence-electron chi connectivity index (χ4n) is 1.83. The van der Waals surface area contributed by atoms with Crippen molar-refractivity contribution >= 4 is 0 Å². The molecule has 0 aliphatic carbocycles. The molecular formula is C14H11N3O. The minimum atomic E-state index is 0.236. The molecule has 0 saturated heterocycles. The summed E-state index contributed by atoms with van der Waals surface area (Å²) in [5.74, 6) is 0.236. The molecule has 0 radical (unpaired) electrons. The second kappa shape index (κ2) is 4.33. The molecule has 0 spiro atoms. The molecule has 1 heterocycles. The number of hydrogen-bond donors (Lipinski definition) is 1. The van der Waals surface area contributed by atoms with Crippen LogP contribution in [0.1, 0.15) is 0 Å². The zero-order valence-electron chi connectivity index (χ0n) is 9.56. The Hall–Kier alpha value is -2.62. The number of aromatic nitrogens is 3. The summed E-state index contributed by atoms with van der Waals surface area (Å²) >= 11 is 0. The van der Waals surface area contributed by atoms with E-state index in [-0.39, 0.29) is 5.75 Å². The first-order valence-electron chi connectivity index (χ1n) is 5.60. The predicted molar refractivity (Wildman–Crippen MR) is 68.5 cm³/mol. The maximum absolute atomic E-state index is 9.30. The van der Waals surface area contributed by atoms with Gasteiger partial charge in [-0.2, -0.15) is 0 Å². The van der Waals surface area contributed by atoms with Gasteiger partial charge < -0.3 is 5.11 Å². The highest BCUT2D eigenvalue weighted by Crippen LogP contribution is 2.21. The number of phenolic OH excluding ortho intramolecular Hbond substituents is 1. The van der Waals surface area contributed by atoms with Crippen molar-refractivity contribution in [2.24, 2.45) is 0 Å². The summed E-state index contributed by atoms with van der Waals surface area (Å²) in [6.45, 7) is 0. The molecule has 0 saturated carbocycles. The smallest absolute Gasteiger partial charge is 0.115 e. The van der Waals surface area contributed by atoms with Crippen LogP contribution >= 0.6 is 0 Å². The van der Waals surface area contributed by atoms with Gasteiger partial charge >= 0.3 is 0 Å². The Morgan fingerprint density at radius 1 is 0.889 bits per heavy atom. The fraction of sp³-hybridized carbons (Fsp3) is 0. The molecule has 0 bridgehead atoms. The Morgan fingerprint density at radius 2 is 1.61 bits per heavy atom. The van der Waals surface area contributed by atoms with Crippen molar-refractivity contribution in [1.82, 2.24) is 15.0 Å². The lowest BCUT2D eigenvalue weighted by Crippen LogP contribution is -1.98. The van der Waals surface area contributed by atoms with Crippen molar-refractivity contribution in [3.05, 3.63) is 60.8 Å². The van der Waals surface area contributed by atoms with Gasteiger partial charge in [-0.25, -0.2) is 4.68 Å². The molecule has 0 fully saturated rings. The Kier molecular flexibility index (Phi) is 2.53. The van der Waals surface area contributed by atoms with E-state index >= 15 is 0 Å². The van der Waals surface area contributed by atoms with E-state index in [2.05, 4.69) is 10.3 Å². The molecule has 1 N–H and O–H groups in total. The van der Waals surface area contributed by atoms with Crippen LogP contribution in [0, 0.1) is 0 Å². The zero-order chi connectivity index (χ0) is 12.4. The molecule has 0 atom stereocenters. The van der Waals surface area contributed by atoms with Crippen LogP contribution in [-0.2, 0) is 0 Å². The van der Waals surface area contributed by atoms with E-state index in [9.17, 15) is 5.11 Å². The quantitative estimate of drug-likeness (QED) is 0.745. The molecule has 0 aliphatic rings. The molecule has 3 rings (SSSR count). The summed E-state index contributed by atoms with van der Waals surface area (Å²) in [6.07, 6.45) is 1.72. The third-order valence-electron chi connectivity index (χ3n) is 2.71. The number of hydrogen-bond acceptors (Lipinski definition) is 3. The summed E-state index contributed by atoms with van der Waals surface area (Å²) in [7, 11) is 0. The van der Waals surface area contributed by atoms with Gasteiger partial charge in [-0.3, -0.25) is 0 Å². The highest BCUT2D eigenvalue weighted by molar-refractivity contribution is 5.60. The van der Waals surface area contributed by atoms with E-state index < -0.39 is 0 Å². The van der Waals surface area contributed by atoms with E-state index in [1.165, 1.54) is 0 Å². The summed E-state index contributed by atoms with van der Waals surface area (Å²) in [6, 6.07) is 16.8. The van der Waals surface area contributed by atoms with Crippen molar-refractivity contribution in [3.63, 3.8) is 0 Å². The van der Waals surface area contributed by atoms with E-state index in [0.717, 1.165) is 16.9 Å². The summed E-state index contributed by atoms with van der Waals surface area (Å²) < 4.78 is 1.74. The van der Waals surface area contributed by atoms with Gasteiger partial charge in [-0.15, -0.1) is 5.10 Å². The average molecular weight is 237 g/mol. The number of phenols is 1. The molecule has 88 valence electrons. The van der Waals surface area contributed by atoms with Crippen molar-refractivity contribution in [3.8, 4) is 22.7 Å². The minimum absolute atomic E-state index is 0.236. The van der Waals surface area contributed by atoms with Crippen molar-refractivity contribution < 1.29 is 5.11 Å². The lowest BCUT2D eigenvalue weighted by molar-refractivity contribution is 0.475. The molecule has 4 heteroatoms. The van der Waals surface area contributed by atoms with Gasteiger partial charge in [0, 0.05) is 5.56 Å². The van der Waals surface area contributed by atoms with Gasteiger partial charge in [-0.1, -0.05) is 35.5 Å². The van der Waals surface area contributed by atoms with Crippen molar-refractivity contribution in [2.45, 2.75) is 0 Å². The number of aromatic hydroxyl groups is 1. The predicted octanol–water partition coefficient (Wildman–Crippen LogP) is 2.64. The molecule has 3 aromatic rings. The molecule has 4 nitrogen and oxygen atoms in total. The molecule has 2 aromatic carbocycles. The first kappa shape index (κ1) is 10.5. The largest absolute Gasteiger partial charge is 0.508 e. The van der Waals surface area contributed by atoms with Crippen LogP contribution in [0.4, 0.5) is 0 Å². The highest BCUT2D eigenvalue weighted by atomic mass is 16.3. The van der Waals surface area contributed by atoms with Crippen LogP contribution in [-0.4, -0.2) is 20.1 Å². The van der Waals surface area contributed by atoms with E-state index in [4.69, 9.17) is 0 Å². The Morgan fingerprint density at radius 3 is 2.33 bits per heavy atom. The Labute approximate surface area is 104 Å². The molecule has 0 amide bonds. The SMILES string of the molecule is Oc1ccc(-n2nncc2-c2ccccc2)cc1. The maximum Gasteiger partial charge on any atom is 0.115 e. The Bertz CT molecular complexity index is 644. The monoisotopic (exact) mass is 237 g/mol. The van der Waals surface area contributed by atoms with Crippen molar-refractivity contribution in [2.75, 3.05) is 0 Å². The third kappa shape index (κ3) is 1.84. The normalized spacial score (nSPS) is 10.4. The average Bonchev–Trinajstić information content (AvgIpc) is 2.90. The molecule has 18 heavy (non-hydrogen) atoms. The minimum Gasteiger partial charge on any atom is -0.508 e. The van der Waals surface area contributed by atoms with Crippen LogP contribution in [0.25, 0.3) is 16.9 Å². The molecule has 1 aromatic heterocycles. The maximum atomic E-state index is 9.30. The van der Waals surface area contributed by atoms with Crippen LogP contribution in [0.2, 0.25) is 0 Å². The number of nitrogens with zero attached hydrogens (tertiary/aromatic N) is 3. The van der Waals surface area contributed by atoms with E-state index in [1.54, 1.807) is 35.1 Å². The fourth-order valence-corrected chi connectivity index (χ4v) is 1.83. The third-order valence-corrected chi connectivity index (χ3v) is 2.71. The van der Waals surface area contributed by atoms with Crippen LogP contribution in [0.3, 0.4) is 0 Å². The highest BCUT2D eigenvalue weighted by Gasteiger charge is 2.07. The molecule has 0 aliphatic heterocycles. The van der Waals surface area contributed by atoms with Crippen molar-refractivity contribution in [1.29, 1.82) is 0 Å². The van der Waals surface area contributed by atoms with Gasteiger partial charge in [-0.05, 0) is 24.3 Å². The summed E-state index contributed by atoms with van der Waals surface area (Å²) in [5, 5.41) is 17.3. The first-order valence-corrected chi connectivity index (χ1v) is 5.60. The van der Waals surface area contributed by atoms with Gasteiger partial charge in [0.1, 0.15) is 5.75 Å². The van der Waals surface area contributed by atoms with Gasteiger partial charge in [0.15, 0.2) is 0 Å². The second-order valence-electron chi connectivity index (χ2n) is 3.91. The summed E-state index contributed by atoms with van der Waals surface area (Å²) in [5.41, 5.74) is 2.83. The number of benzene rings is 2. The first-order chi connectivity index (χ1) is 8.84. The molecule has 0 unspecified atom stereocenters.